The fourth-order valence-corrected chi connectivity index (χ4v) is 5.94. The molecule has 0 amide bonds. The van der Waals surface area contributed by atoms with Crippen LogP contribution in [0.3, 0.4) is 0 Å². The van der Waals surface area contributed by atoms with Gasteiger partial charge in [-0.1, -0.05) is 41.5 Å². The first-order valence-corrected chi connectivity index (χ1v) is 17.7. The molecule has 2 unspecified atom stereocenters. The van der Waals surface area contributed by atoms with Crippen LogP contribution >= 0.6 is 0 Å². The second-order valence-electron chi connectivity index (χ2n) is 11.4. The fourth-order valence-electron chi connectivity index (χ4n) is 2.68. The Hall–Kier alpha value is -0.366. The Balaban J connectivity index is 3.37. The lowest BCUT2D eigenvalue weighted by molar-refractivity contribution is -0.0531. The quantitative estimate of drug-likeness (QED) is 0.229. The van der Waals surface area contributed by atoms with Crippen LogP contribution in [-0.4, -0.2) is 42.8 Å². The lowest BCUT2D eigenvalue weighted by Crippen LogP contribution is -2.49. The van der Waals surface area contributed by atoms with Gasteiger partial charge in [0, 0.05) is 12.8 Å². The van der Waals surface area contributed by atoms with Gasteiger partial charge in [-0.15, -0.1) is 0 Å². The topological polar surface area (TPSA) is 61.8 Å². The van der Waals surface area contributed by atoms with Crippen molar-refractivity contribution in [3.63, 3.8) is 0 Å². The summed E-state index contributed by atoms with van der Waals surface area (Å²) < 4.78 is 79.9. The molecule has 31 heavy (non-hydrogen) atoms. The zero-order valence-electron chi connectivity index (χ0n) is 20.7. The molecule has 0 fully saturated rings. The van der Waals surface area contributed by atoms with Gasteiger partial charge in [0.2, 0.25) is 0 Å². The van der Waals surface area contributed by atoms with Gasteiger partial charge in [-0.3, -0.25) is 0 Å². The Morgan fingerprint density at radius 3 is 1.68 bits per heavy atom. The van der Waals surface area contributed by atoms with Gasteiger partial charge in [0.15, 0.2) is 16.6 Å². The van der Waals surface area contributed by atoms with E-state index in [1.165, 1.54) is 0 Å². The molecule has 0 saturated heterocycles. The van der Waals surface area contributed by atoms with Crippen LogP contribution in [0.2, 0.25) is 36.3 Å². The van der Waals surface area contributed by atoms with E-state index in [-0.39, 0.29) is 22.3 Å². The molecule has 0 bridgehead atoms. The minimum atomic E-state index is -5.77. The van der Waals surface area contributed by atoms with Crippen LogP contribution in [0.1, 0.15) is 61.3 Å². The van der Waals surface area contributed by atoms with E-state index >= 15 is 0 Å². The maximum Gasteiger partial charge on any atom is 0.534 e. The van der Waals surface area contributed by atoms with E-state index in [2.05, 4.69) is 58.8 Å². The molecule has 184 valence electrons. The van der Waals surface area contributed by atoms with Crippen molar-refractivity contribution in [1.29, 1.82) is 0 Å². The molecule has 0 heterocycles. The molecule has 0 radical (unpaired) electrons. The standard InChI is InChI=1S/C20H39F3O5SSi2/c1-14-16(26-29(24,25)20(21,22)23)12-15(27-30(8,9)18(2,3)4)13-17(14)28-31(10,11)19(5,6)7/h15,17H,12-13H2,1-11H3. The first kappa shape index (κ1) is 28.7. The van der Waals surface area contributed by atoms with E-state index in [9.17, 15) is 21.6 Å². The number of halogens is 3. The lowest BCUT2D eigenvalue weighted by atomic mass is 9.94. The average molecular weight is 505 g/mol. The third-order valence-corrected chi connectivity index (χ3v) is 16.8. The Bertz CT molecular complexity index is 791. The normalized spacial score (nSPS) is 22.6. The molecule has 0 spiro atoms. The van der Waals surface area contributed by atoms with E-state index in [0.717, 1.165) is 0 Å². The van der Waals surface area contributed by atoms with Crippen molar-refractivity contribution in [3.05, 3.63) is 11.3 Å². The Labute approximate surface area is 188 Å². The Kier molecular flexibility index (Phi) is 8.11. The smallest absolute Gasteiger partial charge is 0.413 e. The van der Waals surface area contributed by atoms with Crippen LogP contribution in [0.25, 0.3) is 0 Å². The average Bonchev–Trinajstić information content (AvgIpc) is 2.47. The Morgan fingerprint density at radius 1 is 0.871 bits per heavy atom. The van der Waals surface area contributed by atoms with Gasteiger partial charge in [-0.25, -0.2) is 0 Å². The largest absolute Gasteiger partial charge is 0.534 e. The molecule has 0 saturated carbocycles. The van der Waals surface area contributed by atoms with Crippen LogP contribution in [-0.2, 0) is 23.2 Å². The number of rotatable bonds is 6. The molecule has 0 N–H and O–H groups in total. The molecule has 5 nitrogen and oxygen atoms in total. The van der Waals surface area contributed by atoms with E-state index in [1.54, 1.807) is 6.92 Å². The minimum absolute atomic E-state index is 0.0367. The predicted molar refractivity (Wildman–Crippen MR) is 122 cm³/mol. The van der Waals surface area contributed by atoms with Crippen molar-refractivity contribution in [2.24, 2.45) is 0 Å². The zero-order valence-corrected chi connectivity index (χ0v) is 23.5. The van der Waals surface area contributed by atoms with Gasteiger partial charge in [0.05, 0.1) is 12.2 Å². The molecular weight excluding hydrogens is 465 g/mol. The van der Waals surface area contributed by atoms with E-state index in [4.69, 9.17) is 8.85 Å². The molecule has 11 heteroatoms. The van der Waals surface area contributed by atoms with Gasteiger partial charge >= 0.3 is 15.6 Å². The number of alkyl halides is 3. The van der Waals surface area contributed by atoms with Crippen molar-refractivity contribution in [3.8, 4) is 0 Å². The zero-order chi connectivity index (χ0) is 24.8. The Morgan fingerprint density at radius 2 is 1.29 bits per heavy atom. The van der Waals surface area contributed by atoms with Crippen molar-refractivity contribution >= 4 is 26.8 Å². The third kappa shape index (κ3) is 6.81. The number of hydrogen-bond acceptors (Lipinski definition) is 5. The summed E-state index contributed by atoms with van der Waals surface area (Å²) in [5.41, 5.74) is -5.11. The van der Waals surface area contributed by atoms with Crippen LogP contribution in [0.15, 0.2) is 11.3 Å². The van der Waals surface area contributed by atoms with E-state index < -0.39 is 44.5 Å². The van der Waals surface area contributed by atoms with Gasteiger partial charge in [0.25, 0.3) is 0 Å². The summed E-state index contributed by atoms with van der Waals surface area (Å²) in [6.07, 6.45) is -0.643. The monoisotopic (exact) mass is 504 g/mol. The second-order valence-corrected chi connectivity index (χ2v) is 22.4. The fraction of sp³-hybridized carbons (Fsp3) is 0.900. The maximum absolute atomic E-state index is 13.0. The highest BCUT2D eigenvalue weighted by atomic mass is 32.2. The molecule has 1 aliphatic carbocycles. The molecular formula is C20H39F3O5SSi2. The SMILES string of the molecule is CC1=C(OS(=O)(=O)C(F)(F)F)CC(O[Si](C)(C)C(C)(C)C)CC1O[Si](C)(C)C(C)(C)C. The van der Waals surface area contributed by atoms with Gasteiger partial charge < -0.3 is 13.0 Å². The van der Waals surface area contributed by atoms with Gasteiger partial charge in [0.1, 0.15) is 5.76 Å². The summed E-state index contributed by atoms with van der Waals surface area (Å²) in [6.45, 7) is 22.2. The molecule has 0 aromatic heterocycles. The highest BCUT2D eigenvalue weighted by Gasteiger charge is 2.50. The molecule has 0 aromatic rings. The van der Waals surface area contributed by atoms with Gasteiger partial charge in [-0.05, 0) is 48.8 Å². The minimum Gasteiger partial charge on any atom is -0.413 e. The molecule has 1 aliphatic rings. The van der Waals surface area contributed by atoms with Crippen LogP contribution in [0.4, 0.5) is 13.2 Å². The summed E-state index contributed by atoms with van der Waals surface area (Å²) in [6, 6.07) is 0. The van der Waals surface area contributed by atoms with Crippen LogP contribution < -0.4 is 0 Å². The van der Waals surface area contributed by atoms with Gasteiger partial charge in [-0.2, -0.15) is 21.6 Å². The summed E-state index contributed by atoms with van der Waals surface area (Å²) >= 11 is 0. The van der Waals surface area contributed by atoms with E-state index in [1.807, 2.05) is 13.1 Å². The highest BCUT2D eigenvalue weighted by molar-refractivity contribution is 7.87. The molecule has 1 rings (SSSR count). The summed E-state index contributed by atoms with van der Waals surface area (Å²) in [7, 11) is -10.3. The predicted octanol–water partition coefficient (Wildman–Crippen LogP) is 6.70. The first-order valence-electron chi connectivity index (χ1n) is 10.5. The highest BCUT2D eigenvalue weighted by Crippen LogP contribution is 2.44. The molecule has 2 atom stereocenters. The third-order valence-electron chi connectivity index (χ3n) is 6.82. The van der Waals surface area contributed by atoms with Crippen LogP contribution in [0.5, 0.6) is 0 Å². The van der Waals surface area contributed by atoms with Crippen molar-refractivity contribution in [1.82, 2.24) is 0 Å². The number of hydrogen-bond donors (Lipinski definition) is 0. The maximum atomic E-state index is 13.0. The summed E-state index contributed by atoms with van der Waals surface area (Å²) in [5, 5.41) is -0.238. The second kappa shape index (κ2) is 8.77. The van der Waals surface area contributed by atoms with Crippen molar-refractivity contribution < 1.29 is 34.6 Å². The summed E-state index contributed by atoms with van der Waals surface area (Å²) in [5.74, 6) is -0.226. The van der Waals surface area contributed by atoms with E-state index in [0.29, 0.717) is 12.0 Å². The first-order chi connectivity index (χ1) is 13.4. The van der Waals surface area contributed by atoms with Crippen molar-refractivity contribution in [2.45, 2.75) is 115 Å². The lowest BCUT2D eigenvalue weighted by Gasteiger charge is -2.44. The summed E-state index contributed by atoms with van der Waals surface area (Å²) in [4.78, 5) is 0. The van der Waals surface area contributed by atoms with Crippen molar-refractivity contribution in [2.75, 3.05) is 0 Å². The molecule has 0 aromatic carbocycles. The molecule has 0 aliphatic heterocycles. The van der Waals surface area contributed by atoms with Crippen LogP contribution in [0, 0.1) is 0 Å².